The lowest BCUT2D eigenvalue weighted by molar-refractivity contribution is 0.528. The van der Waals surface area contributed by atoms with Gasteiger partial charge in [0.05, 0.1) is 15.8 Å². The van der Waals surface area contributed by atoms with E-state index in [1.807, 2.05) is 0 Å². The fourth-order valence-corrected chi connectivity index (χ4v) is 6.68. The molecule has 7 heteroatoms. The van der Waals surface area contributed by atoms with Gasteiger partial charge in [-0.3, -0.25) is 0 Å². The largest absolute Gasteiger partial charge is 0.348 e. The quantitative estimate of drug-likeness (QED) is 0.484. The van der Waals surface area contributed by atoms with Crippen LogP contribution in [0.15, 0.2) is 58.8 Å². The average Bonchev–Trinajstić information content (AvgIpc) is 3.24. The summed E-state index contributed by atoms with van der Waals surface area (Å²) in [7, 11) is -3.52. The smallest absolute Gasteiger partial charge is 0.185 e. The highest BCUT2D eigenvalue weighted by atomic mass is 32.2. The maximum atomic E-state index is 13.5. The standard InChI is InChI=1S/C24H27FN2O2S2/c1-2-4-18-7-9-19(10-8-18)15-21-17-30-24(26-21)27-13-11-22(12-14-27)31(28,29)23-6-3-5-20(25)16-23/h3,5-10,16-17,22H,2,4,11-15H2,1H3. The molecule has 1 saturated heterocycles. The highest BCUT2D eigenvalue weighted by Crippen LogP contribution is 2.29. The number of anilines is 1. The van der Waals surface area contributed by atoms with Crippen molar-refractivity contribution in [3.63, 3.8) is 0 Å². The van der Waals surface area contributed by atoms with Gasteiger partial charge >= 0.3 is 0 Å². The molecule has 0 saturated carbocycles. The summed E-state index contributed by atoms with van der Waals surface area (Å²) >= 11 is 1.61. The molecule has 1 fully saturated rings. The molecule has 0 atom stereocenters. The predicted molar refractivity (Wildman–Crippen MR) is 124 cm³/mol. The van der Waals surface area contributed by atoms with Crippen LogP contribution in [0.1, 0.15) is 43.0 Å². The van der Waals surface area contributed by atoms with Crippen LogP contribution in [0.4, 0.5) is 9.52 Å². The number of nitrogens with zero attached hydrogens (tertiary/aromatic N) is 2. The van der Waals surface area contributed by atoms with Gasteiger partial charge in [0.15, 0.2) is 15.0 Å². The summed E-state index contributed by atoms with van der Waals surface area (Å²) < 4.78 is 39.2. The Morgan fingerprint density at radius 3 is 2.48 bits per heavy atom. The number of aromatic nitrogens is 1. The van der Waals surface area contributed by atoms with Crippen molar-refractivity contribution in [1.29, 1.82) is 0 Å². The molecule has 31 heavy (non-hydrogen) atoms. The van der Waals surface area contributed by atoms with Gasteiger partial charge in [-0.25, -0.2) is 17.8 Å². The Kier molecular flexibility index (Phi) is 6.72. The zero-order valence-corrected chi connectivity index (χ0v) is 19.3. The molecule has 0 radical (unpaired) electrons. The predicted octanol–water partition coefficient (Wildman–Crippen LogP) is 5.27. The van der Waals surface area contributed by atoms with Gasteiger partial charge in [0.1, 0.15) is 5.82 Å². The normalized spacial score (nSPS) is 15.4. The number of rotatable bonds is 7. The van der Waals surface area contributed by atoms with Crippen molar-refractivity contribution in [2.75, 3.05) is 18.0 Å². The Labute approximate surface area is 187 Å². The lowest BCUT2D eigenvalue weighted by atomic mass is 10.1. The topological polar surface area (TPSA) is 50.3 Å². The summed E-state index contributed by atoms with van der Waals surface area (Å²) in [5, 5.41) is 2.55. The van der Waals surface area contributed by atoms with Crippen molar-refractivity contribution in [3.05, 3.63) is 76.5 Å². The van der Waals surface area contributed by atoms with Crippen LogP contribution in [0.3, 0.4) is 0 Å². The molecule has 0 aliphatic carbocycles. The summed E-state index contributed by atoms with van der Waals surface area (Å²) in [6, 6.07) is 14.0. The zero-order chi connectivity index (χ0) is 21.8. The van der Waals surface area contributed by atoms with Crippen LogP contribution in [-0.2, 0) is 22.7 Å². The average molecular weight is 459 g/mol. The first kappa shape index (κ1) is 22.0. The van der Waals surface area contributed by atoms with E-state index in [4.69, 9.17) is 4.98 Å². The number of thiazole rings is 1. The van der Waals surface area contributed by atoms with Crippen LogP contribution in [-0.4, -0.2) is 31.7 Å². The SMILES string of the molecule is CCCc1ccc(Cc2csc(N3CCC(S(=O)(=O)c4cccc(F)c4)CC3)n2)cc1. The third-order valence-corrected chi connectivity index (χ3v) is 8.97. The minimum absolute atomic E-state index is 0.0763. The molecule has 1 aliphatic heterocycles. The number of aryl methyl sites for hydroxylation is 1. The van der Waals surface area contributed by atoms with Crippen LogP contribution < -0.4 is 4.90 Å². The Bertz CT molecular complexity index is 1120. The molecule has 0 spiro atoms. The van der Waals surface area contributed by atoms with Crippen molar-refractivity contribution in [1.82, 2.24) is 4.98 Å². The van der Waals surface area contributed by atoms with E-state index in [0.717, 1.165) is 36.2 Å². The van der Waals surface area contributed by atoms with Crippen LogP contribution >= 0.6 is 11.3 Å². The molecular weight excluding hydrogens is 431 g/mol. The monoisotopic (exact) mass is 458 g/mol. The minimum Gasteiger partial charge on any atom is -0.348 e. The van der Waals surface area contributed by atoms with E-state index in [9.17, 15) is 12.8 Å². The molecule has 0 bridgehead atoms. The first-order chi connectivity index (χ1) is 15.0. The second-order valence-corrected chi connectivity index (χ2v) is 11.1. The van der Waals surface area contributed by atoms with E-state index in [-0.39, 0.29) is 4.90 Å². The number of halogens is 1. The van der Waals surface area contributed by atoms with E-state index < -0.39 is 20.9 Å². The van der Waals surface area contributed by atoms with Crippen molar-refractivity contribution in [2.24, 2.45) is 0 Å². The van der Waals surface area contributed by atoms with Crippen LogP contribution in [0.2, 0.25) is 0 Å². The van der Waals surface area contributed by atoms with Crippen molar-refractivity contribution < 1.29 is 12.8 Å². The van der Waals surface area contributed by atoms with Crippen LogP contribution in [0.25, 0.3) is 0 Å². The molecule has 2 heterocycles. The van der Waals surface area contributed by atoms with Crippen molar-refractivity contribution in [2.45, 2.75) is 49.2 Å². The maximum Gasteiger partial charge on any atom is 0.185 e. The van der Waals surface area contributed by atoms with Crippen LogP contribution in [0, 0.1) is 5.82 Å². The zero-order valence-electron chi connectivity index (χ0n) is 17.6. The Morgan fingerprint density at radius 2 is 1.81 bits per heavy atom. The van der Waals surface area contributed by atoms with Gasteiger partial charge in [0.2, 0.25) is 0 Å². The van der Waals surface area contributed by atoms with E-state index in [1.165, 1.54) is 29.3 Å². The first-order valence-electron chi connectivity index (χ1n) is 10.7. The van der Waals surface area contributed by atoms with E-state index in [0.29, 0.717) is 25.9 Å². The van der Waals surface area contributed by atoms with Crippen molar-refractivity contribution >= 4 is 26.3 Å². The molecule has 0 N–H and O–H groups in total. The second-order valence-electron chi connectivity index (χ2n) is 8.05. The molecule has 1 aliphatic rings. The molecule has 3 aromatic rings. The minimum atomic E-state index is -3.52. The molecule has 0 unspecified atom stereocenters. The third kappa shape index (κ3) is 5.15. The van der Waals surface area contributed by atoms with Gasteiger partial charge in [-0.2, -0.15) is 0 Å². The lowest BCUT2D eigenvalue weighted by Gasteiger charge is -2.31. The lowest BCUT2D eigenvalue weighted by Crippen LogP contribution is -2.39. The number of hydrogen-bond donors (Lipinski definition) is 0. The highest BCUT2D eigenvalue weighted by Gasteiger charge is 2.32. The highest BCUT2D eigenvalue weighted by molar-refractivity contribution is 7.92. The molecule has 2 aromatic carbocycles. The second kappa shape index (κ2) is 9.49. The summed E-state index contributed by atoms with van der Waals surface area (Å²) in [6.45, 7) is 3.46. The van der Waals surface area contributed by atoms with E-state index >= 15 is 0 Å². The third-order valence-electron chi connectivity index (χ3n) is 5.76. The number of sulfone groups is 1. The van der Waals surface area contributed by atoms with E-state index in [2.05, 4.69) is 41.5 Å². The van der Waals surface area contributed by atoms with Crippen molar-refractivity contribution in [3.8, 4) is 0 Å². The Morgan fingerprint density at radius 1 is 1.10 bits per heavy atom. The molecule has 0 amide bonds. The molecule has 4 nitrogen and oxygen atoms in total. The van der Waals surface area contributed by atoms with Gasteiger partial charge in [0.25, 0.3) is 0 Å². The molecule has 164 valence electrons. The summed E-state index contributed by atoms with van der Waals surface area (Å²) in [5.41, 5.74) is 3.65. The summed E-state index contributed by atoms with van der Waals surface area (Å²) in [5.74, 6) is -0.520. The molecular formula is C24H27FN2O2S2. The van der Waals surface area contributed by atoms with E-state index in [1.54, 1.807) is 11.3 Å². The fourth-order valence-electron chi connectivity index (χ4n) is 4.04. The number of benzene rings is 2. The van der Waals surface area contributed by atoms with Gasteiger partial charge in [-0.15, -0.1) is 11.3 Å². The van der Waals surface area contributed by atoms with Crippen LogP contribution in [0.5, 0.6) is 0 Å². The Balaban J connectivity index is 1.37. The summed E-state index contributed by atoms with van der Waals surface area (Å²) in [4.78, 5) is 7.03. The molecule has 4 rings (SSSR count). The number of piperidine rings is 1. The van der Waals surface area contributed by atoms with Gasteiger partial charge in [-0.1, -0.05) is 43.7 Å². The fraction of sp³-hybridized carbons (Fsp3) is 0.375. The summed E-state index contributed by atoms with van der Waals surface area (Å²) in [6.07, 6.45) is 4.09. The Hall–Kier alpha value is -2.25. The van der Waals surface area contributed by atoms with Gasteiger partial charge < -0.3 is 4.90 Å². The number of hydrogen-bond acceptors (Lipinski definition) is 5. The molecule has 1 aromatic heterocycles. The van der Waals surface area contributed by atoms with Gasteiger partial charge in [-0.05, 0) is 48.6 Å². The first-order valence-corrected chi connectivity index (χ1v) is 13.1. The van der Waals surface area contributed by atoms with Gasteiger partial charge in [0, 0.05) is 24.9 Å². The maximum absolute atomic E-state index is 13.5.